The van der Waals surface area contributed by atoms with Gasteiger partial charge >= 0.3 is 6.03 Å². The minimum absolute atomic E-state index is 0.285. The molecular formula is C17H22N4O2. The lowest BCUT2D eigenvalue weighted by molar-refractivity contribution is 0.262. The van der Waals surface area contributed by atoms with Crippen LogP contribution in [0.15, 0.2) is 30.5 Å². The van der Waals surface area contributed by atoms with Crippen molar-refractivity contribution in [2.45, 2.75) is 38.6 Å². The average molecular weight is 314 g/mol. The van der Waals surface area contributed by atoms with Crippen LogP contribution in [-0.2, 0) is 0 Å². The minimum atomic E-state index is -0.285. The summed E-state index contributed by atoms with van der Waals surface area (Å²) < 4.78 is 7.18. The van der Waals surface area contributed by atoms with Crippen molar-refractivity contribution in [2.24, 2.45) is 0 Å². The van der Waals surface area contributed by atoms with E-state index in [9.17, 15) is 4.79 Å². The molecule has 1 saturated carbocycles. The molecule has 0 saturated heterocycles. The number of hydrogen-bond donors (Lipinski definition) is 2. The second kappa shape index (κ2) is 6.73. The van der Waals surface area contributed by atoms with E-state index < -0.39 is 0 Å². The Kier molecular flexibility index (Phi) is 4.50. The van der Waals surface area contributed by atoms with E-state index >= 15 is 0 Å². The number of rotatable bonds is 4. The van der Waals surface area contributed by atoms with Crippen LogP contribution in [-0.4, -0.2) is 22.9 Å². The Bertz CT molecular complexity index is 690. The van der Waals surface area contributed by atoms with E-state index in [-0.39, 0.29) is 6.03 Å². The maximum atomic E-state index is 12.2. The molecule has 23 heavy (non-hydrogen) atoms. The third-order valence-corrected chi connectivity index (χ3v) is 4.29. The largest absolute Gasteiger partial charge is 0.497 e. The molecular weight excluding hydrogens is 292 g/mol. The molecule has 2 N–H and O–H groups in total. The van der Waals surface area contributed by atoms with Gasteiger partial charge in [-0.05, 0) is 31.9 Å². The third kappa shape index (κ3) is 3.47. The minimum Gasteiger partial charge on any atom is -0.497 e. The van der Waals surface area contributed by atoms with Gasteiger partial charge in [0.25, 0.3) is 0 Å². The molecule has 3 rings (SSSR count). The summed E-state index contributed by atoms with van der Waals surface area (Å²) in [6, 6.07) is 7.43. The monoisotopic (exact) mass is 314 g/mol. The van der Waals surface area contributed by atoms with Crippen molar-refractivity contribution < 1.29 is 9.53 Å². The van der Waals surface area contributed by atoms with Crippen LogP contribution < -0.4 is 15.4 Å². The lowest BCUT2D eigenvalue weighted by atomic mass is 10.2. The van der Waals surface area contributed by atoms with Gasteiger partial charge in [-0.15, -0.1) is 0 Å². The second-order valence-electron chi connectivity index (χ2n) is 5.84. The van der Waals surface area contributed by atoms with Gasteiger partial charge in [0.05, 0.1) is 30.7 Å². The smallest absolute Gasteiger partial charge is 0.323 e. The number of nitrogens with one attached hydrogen (secondary N) is 2. The molecule has 122 valence electrons. The first-order valence-corrected chi connectivity index (χ1v) is 7.93. The Balaban J connectivity index is 1.65. The lowest BCUT2D eigenvalue weighted by Crippen LogP contribution is -2.20. The molecule has 1 aromatic carbocycles. The predicted molar refractivity (Wildman–Crippen MR) is 90.1 cm³/mol. The van der Waals surface area contributed by atoms with Crippen LogP contribution >= 0.6 is 0 Å². The molecule has 0 atom stereocenters. The molecule has 0 radical (unpaired) electrons. The topological polar surface area (TPSA) is 68.2 Å². The Hall–Kier alpha value is -2.50. The number of carbonyl (C=O) groups is 1. The highest BCUT2D eigenvalue weighted by atomic mass is 16.5. The van der Waals surface area contributed by atoms with E-state index in [0.717, 1.165) is 24.2 Å². The summed E-state index contributed by atoms with van der Waals surface area (Å²) in [5.41, 5.74) is 2.43. The maximum Gasteiger partial charge on any atom is 0.323 e. The molecule has 1 aromatic heterocycles. The summed E-state index contributed by atoms with van der Waals surface area (Å²) in [6.45, 7) is 1.99. The normalized spacial score (nSPS) is 14.7. The van der Waals surface area contributed by atoms with Crippen molar-refractivity contribution >= 4 is 17.4 Å². The molecule has 1 aliphatic rings. The molecule has 6 nitrogen and oxygen atoms in total. The summed E-state index contributed by atoms with van der Waals surface area (Å²) in [5.74, 6) is 0.702. The summed E-state index contributed by atoms with van der Waals surface area (Å²) >= 11 is 0. The maximum absolute atomic E-state index is 12.2. The highest BCUT2D eigenvalue weighted by molar-refractivity contribution is 6.00. The van der Waals surface area contributed by atoms with Crippen molar-refractivity contribution in [1.82, 2.24) is 9.78 Å². The average Bonchev–Trinajstić information content (AvgIpc) is 3.18. The highest BCUT2D eigenvalue weighted by Crippen LogP contribution is 2.31. The summed E-state index contributed by atoms with van der Waals surface area (Å²) in [4.78, 5) is 12.2. The van der Waals surface area contributed by atoms with Crippen molar-refractivity contribution in [2.75, 3.05) is 17.7 Å². The van der Waals surface area contributed by atoms with Gasteiger partial charge in [-0.25, -0.2) is 4.79 Å². The van der Waals surface area contributed by atoms with Gasteiger partial charge in [-0.3, -0.25) is 4.68 Å². The highest BCUT2D eigenvalue weighted by Gasteiger charge is 2.20. The third-order valence-electron chi connectivity index (χ3n) is 4.29. The number of urea groups is 1. The van der Waals surface area contributed by atoms with Gasteiger partial charge in [0, 0.05) is 11.8 Å². The molecule has 0 aliphatic heterocycles. The first kappa shape index (κ1) is 15.4. The van der Waals surface area contributed by atoms with Crippen LogP contribution in [0.2, 0.25) is 0 Å². The van der Waals surface area contributed by atoms with Gasteiger partial charge in [-0.2, -0.15) is 5.10 Å². The number of anilines is 2. The number of carbonyl (C=O) groups excluding carboxylic acids is 1. The molecule has 1 aliphatic carbocycles. The number of nitrogens with zero attached hydrogens (tertiary/aromatic N) is 2. The molecule has 1 fully saturated rings. The number of ether oxygens (including phenoxy) is 1. The standard InChI is InChI=1S/C17H22N4O2/c1-12-16(11-18-21(12)14-7-3-4-8-14)20-17(22)19-13-6-5-9-15(10-13)23-2/h5-6,9-11,14H,3-4,7-8H2,1-2H3,(H2,19,20,22). The zero-order valence-electron chi connectivity index (χ0n) is 13.5. The van der Waals surface area contributed by atoms with Gasteiger partial charge in [0.15, 0.2) is 0 Å². The van der Waals surface area contributed by atoms with E-state index in [1.165, 1.54) is 12.8 Å². The van der Waals surface area contributed by atoms with E-state index in [2.05, 4.69) is 15.7 Å². The number of methoxy groups -OCH3 is 1. The number of benzene rings is 1. The predicted octanol–water partition coefficient (Wildman–Crippen LogP) is 3.96. The summed E-state index contributed by atoms with van der Waals surface area (Å²) in [5, 5.41) is 10.1. The second-order valence-corrected chi connectivity index (χ2v) is 5.84. The molecule has 2 amide bonds. The number of amides is 2. The van der Waals surface area contributed by atoms with Gasteiger partial charge in [-0.1, -0.05) is 18.9 Å². The Morgan fingerprint density at radius 1 is 1.30 bits per heavy atom. The Morgan fingerprint density at radius 2 is 2.09 bits per heavy atom. The first-order chi connectivity index (χ1) is 11.2. The van der Waals surface area contributed by atoms with Crippen LogP contribution in [0.3, 0.4) is 0 Å². The zero-order valence-corrected chi connectivity index (χ0v) is 13.5. The summed E-state index contributed by atoms with van der Waals surface area (Å²) in [6.07, 6.45) is 6.56. The van der Waals surface area contributed by atoms with E-state index in [1.807, 2.05) is 29.8 Å². The lowest BCUT2D eigenvalue weighted by Gasteiger charge is -2.13. The van der Waals surface area contributed by atoms with Crippen LogP contribution in [0.4, 0.5) is 16.2 Å². The molecule has 6 heteroatoms. The molecule has 0 unspecified atom stereocenters. The van der Waals surface area contributed by atoms with Crippen molar-refractivity contribution in [3.63, 3.8) is 0 Å². The number of aromatic nitrogens is 2. The van der Waals surface area contributed by atoms with E-state index in [4.69, 9.17) is 4.74 Å². The van der Waals surface area contributed by atoms with Crippen molar-refractivity contribution in [3.8, 4) is 5.75 Å². The number of hydrogen-bond acceptors (Lipinski definition) is 3. The van der Waals surface area contributed by atoms with Crippen LogP contribution in [0, 0.1) is 6.92 Å². The van der Waals surface area contributed by atoms with Gasteiger partial charge < -0.3 is 15.4 Å². The van der Waals surface area contributed by atoms with E-state index in [0.29, 0.717) is 17.5 Å². The fourth-order valence-electron chi connectivity index (χ4n) is 3.05. The summed E-state index contributed by atoms with van der Waals surface area (Å²) in [7, 11) is 1.60. The molecule has 2 aromatic rings. The molecule has 1 heterocycles. The fraction of sp³-hybridized carbons (Fsp3) is 0.412. The van der Waals surface area contributed by atoms with Crippen molar-refractivity contribution in [1.29, 1.82) is 0 Å². The van der Waals surface area contributed by atoms with Gasteiger partial charge in [0.1, 0.15) is 5.75 Å². The first-order valence-electron chi connectivity index (χ1n) is 7.93. The Morgan fingerprint density at radius 3 is 2.83 bits per heavy atom. The Labute approximate surface area is 135 Å². The van der Waals surface area contributed by atoms with Crippen LogP contribution in [0.1, 0.15) is 37.4 Å². The van der Waals surface area contributed by atoms with Crippen LogP contribution in [0.25, 0.3) is 0 Å². The quantitative estimate of drug-likeness (QED) is 0.897. The van der Waals surface area contributed by atoms with Crippen LogP contribution in [0.5, 0.6) is 5.75 Å². The SMILES string of the molecule is COc1cccc(NC(=O)Nc2cnn(C3CCCC3)c2C)c1. The zero-order chi connectivity index (χ0) is 16.2. The molecule has 0 bridgehead atoms. The van der Waals surface area contributed by atoms with Crippen molar-refractivity contribution in [3.05, 3.63) is 36.2 Å². The molecule has 0 spiro atoms. The van der Waals surface area contributed by atoms with E-state index in [1.54, 1.807) is 19.4 Å². The fourth-order valence-corrected chi connectivity index (χ4v) is 3.05. The van der Waals surface area contributed by atoms with Gasteiger partial charge in [0.2, 0.25) is 0 Å².